The van der Waals surface area contributed by atoms with Gasteiger partial charge in [0.2, 0.25) is 5.91 Å². The molecule has 0 unspecified atom stereocenters. The van der Waals surface area contributed by atoms with Gasteiger partial charge in [0.15, 0.2) is 0 Å². The van der Waals surface area contributed by atoms with Gasteiger partial charge < -0.3 is 5.32 Å². The van der Waals surface area contributed by atoms with Gasteiger partial charge in [-0.3, -0.25) is 9.59 Å². The van der Waals surface area contributed by atoms with Crippen molar-refractivity contribution >= 4 is 11.6 Å². The molecule has 1 N–H and O–H groups in total. The number of carbonyl (C=O) groups is 1. The lowest BCUT2D eigenvalue weighted by Gasteiger charge is -2.09. The number of hydrogen-bond donors (Lipinski definition) is 1. The third-order valence-corrected chi connectivity index (χ3v) is 3.51. The lowest BCUT2D eigenvalue weighted by Crippen LogP contribution is -2.29. The molecule has 0 bridgehead atoms. The smallest absolute Gasteiger partial charge is 0.267 e. The summed E-state index contributed by atoms with van der Waals surface area (Å²) in [5.74, 6) is -2.83. The van der Waals surface area contributed by atoms with Gasteiger partial charge in [-0.2, -0.15) is 5.10 Å². The van der Waals surface area contributed by atoms with Gasteiger partial charge in [0.1, 0.15) is 24.0 Å². The van der Waals surface area contributed by atoms with Crippen LogP contribution in [0.25, 0.3) is 11.3 Å². The van der Waals surface area contributed by atoms with E-state index in [0.717, 1.165) is 16.8 Å². The van der Waals surface area contributed by atoms with Crippen LogP contribution in [-0.4, -0.2) is 15.7 Å². The third kappa shape index (κ3) is 3.97. The van der Waals surface area contributed by atoms with Crippen LogP contribution < -0.4 is 10.9 Å². The highest BCUT2D eigenvalue weighted by atomic mass is 19.1. The minimum absolute atomic E-state index is 0.209. The van der Waals surface area contributed by atoms with E-state index in [4.69, 9.17) is 0 Å². The molecule has 3 rings (SSSR count). The van der Waals surface area contributed by atoms with E-state index in [-0.39, 0.29) is 5.69 Å². The third-order valence-electron chi connectivity index (χ3n) is 3.51. The Labute approximate surface area is 145 Å². The highest BCUT2D eigenvalue weighted by Crippen LogP contribution is 2.16. The van der Waals surface area contributed by atoms with Gasteiger partial charge in [-0.1, -0.05) is 0 Å². The maximum absolute atomic E-state index is 13.6. The summed E-state index contributed by atoms with van der Waals surface area (Å²) in [6, 6.07) is 10.8. The minimum atomic E-state index is -0.932. The van der Waals surface area contributed by atoms with Crippen LogP contribution in [0.3, 0.4) is 0 Å². The van der Waals surface area contributed by atoms with Gasteiger partial charge in [0.05, 0.1) is 11.4 Å². The average Bonchev–Trinajstić information content (AvgIpc) is 2.60. The molecule has 0 aliphatic carbocycles. The summed E-state index contributed by atoms with van der Waals surface area (Å²) < 4.78 is 40.4. The Balaban J connectivity index is 1.80. The lowest BCUT2D eigenvalue weighted by molar-refractivity contribution is -0.117. The average molecular weight is 359 g/mol. The van der Waals surface area contributed by atoms with Crippen LogP contribution in [0.1, 0.15) is 0 Å². The van der Waals surface area contributed by atoms with Gasteiger partial charge in [-0.25, -0.2) is 17.9 Å². The number of anilines is 1. The van der Waals surface area contributed by atoms with Crippen molar-refractivity contribution in [1.29, 1.82) is 0 Å². The number of aromatic nitrogens is 2. The fraction of sp³-hybridized carbons (Fsp3) is 0.0556. The normalized spacial score (nSPS) is 10.6. The van der Waals surface area contributed by atoms with E-state index in [2.05, 4.69) is 10.4 Å². The van der Waals surface area contributed by atoms with Crippen LogP contribution in [0, 0.1) is 17.5 Å². The molecule has 0 saturated heterocycles. The Morgan fingerprint density at radius 3 is 2.35 bits per heavy atom. The van der Waals surface area contributed by atoms with E-state index >= 15 is 0 Å². The molecular formula is C18H12F3N3O2. The summed E-state index contributed by atoms with van der Waals surface area (Å²) in [6.07, 6.45) is 0. The second-order valence-corrected chi connectivity index (χ2v) is 5.39. The van der Waals surface area contributed by atoms with Gasteiger partial charge in [-0.05, 0) is 42.5 Å². The van der Waals surface area contributed by atoms with E-state index < -0.39 is 35.5 Å². The van der Waals surface area contributed by atoms with Crippen LogP contribution in [0.2, 0.25) is 0 Å². The molecule has 3 aromatic rings. The van der Waals surface area contributed by atoms with Crippen molar-refractivity contribution in [3.8, 4) is 11.3 Å². The molecule has 0 spiro atoms. The summed E-state index contributed by atoms with van der Waals surface area (Å²) in [7, 11) is 0. The molecule has 5 nitrogen and oxygen atoms in total. The number of rotatable bonds is 4. The number of halogens is 3. The van der Waals surface area contributed by atoms with Crippen molar-refractivity contribution in [2.45, 2.75) is 6.54 Å². The van der Waals surface area contributed by atoms with Gasteiger partial charge in [0.25, 0.3) is 5.56 Å². The predicted molar refractivity (Wildman–Crippen MR) is 88.9 cm³/mol. The first kappa shape index (κ1) is 17.4. The Bertz CT molecular complexity index is 1020. The molecular weight excluding hydrogens is 347 g/mol. The van der Waals surface area contributed by atoms with E-state index in [0.29, 0.717) is 17.3 Å². The SMILES string of the molecule is O=C(Cn1nc(-c2ccc(F)cc2)ccc1=O)Nc1ccc(F)cc1F. The summed E-state index contributed by atoms with van der Waals surface area (Å²) in [5.41, 5.74) is 0.181. The maximum atomic E-state index is 13.6. The zero-order chi connectivity index (χ0) is 18.7. The lowest BCUT2D eigenvalue weighted by atomic mass is 10.1. The number of benzene rings is 2. The Morgan fingerprint density at radius 1 is 0.962 bits per heavy atom. The quantitative estimate of drug-likeness (QED) is 0.779. The second-order valence-electron chi connectivity index (χ2n) is 5.39. The molecule has 2 aromatic carbocycles. The summed E-state index contributed by atoms with van der Waals surface area (Å²) in [6.45, 7) is -0.468. The van der Waals surface area contributed by atoms with Crippen LogP contribution in [-0.2, 0) is 11.3 Å². The van der Waals surface area contributed by atoms with Gasteiger partial charge in [0, 0.05) is 17.7 Å². The Hall–Kier alpha value is -3.42. The Kier molecular flexibility index (Phi) is 4.83. The molecule has 0 saturated carbocycles. The molecule has 0 fully saturated rings. The molecule has 1 aromatic heterocycles. The number of amides is 1. The van der Waals surface area contributed by atoms with Crippen molar-refractivity contribution in [3.05, 3.63) is 82.4 Å². The van der Waals surface area contributed by atoms with E-state index in [9.17, 15) is 22.8 Å². The topological polar surface area (TPSA) is 64.0 Å². The monoisotopic (exact) mass is 359 g/mol. The molecule has 8 heteroatoms. The van der Waals surface area contributed by atoms with Crippen LogP contribution in [0.15, 0.2) is 59.4 Å². The fourth-order valence-electron chi connectivity index (χ4n) is 2.25. The Morgan fingerprint density at radius 2 is 1.65 bits per heavy atom. The highest BCUT2D eigenvalue weighted by Gasteiger charge is 2.11. The van der Waals surface area contributed by atoms with Gasteiger partial charge in [-0.15, -0.1) is 0 Å². The molecule has 0 aliphatic rings. The molecule has 0 aliphatic heterocycles. The fourth-order valence-corrected chi connectivity index (χ4v) is 2.25. The zero-order valence-corrected chi connectivity index (χ0v) is 13.2. The maximum Gasteiger partial charge on any atom is 0.267 e. The first-order valence-electron chi connectivity index (χ1n) is 7.51. The zero-order valence-electron chi connectivity index (χ0n) is 13.2. The summed E-state index contributed by atoms with van der Waals surface area (Å²) in [5, 5.41) is 6.31. The standard InChI is InChI=1S/C18H12F3N3O2/c19-12-3-1-11(2-4-12)15-7-8-18(26)24(23-15)10-17(25)22-16-6-5-13(20)9-14(16)21/h1-9H,10H2,(H,22,25). The first-order valence-corrected chi connectivity index (χ1v) is 7.51. The number of nitrogens with one attached hydrogen (secondary N) is 1. The molecule has 1 amide bonds. The molecule has 132 valence electrons. The van der Waals surface area contributed by atoms with Crippen LogP contribution in [0.5, 0.6) is 0 Å². The van der Waals surface area contributed by atoms with Crippen molar-refractivity contribution in [2.24, 2.45) is 0 Å². The molecule has 26 heavy (non-hydrogen) atoms. The number of carbonyl (C=O) groups excluding carboxylic acids is 1. The van der Waals surface area contributed by atoms with E-state index in [1.54, 1.807) is 0 Å². The minimum Gasteiger partial charge on any atom is -0.322 e. The number of hydrogen-bond acceptors (Lipinski definition) is 3. The van der Waals surface area contributed by atoms with Gasteiger partial charge >= 0.3 is 0 Å². The predicted octanol–water partition coefficient (Wildman–Crippen LogP) is 2.97. The summed E-state index contributed by atoms with van der Waals surface area (Å²) >= 11 is 0. The molecule has 1 heterocycles. The second kappa shape index (κ2) is 7.22. The van der Waals surface area contributed by atoms with Crippen LogP contribution >= 0.6 is 0 Å². The van der Waals surface area contributed by atoms with Crippen molar-refractivity contribution in [1.82, 2.24) is 9.78 Å². The first-order chi connectivity index (χ1) is 12.4. The van der Waals surface area contributed by atoms with Crippen molar-refractivity contribution in [2.75, 3.05) is 5.32 Å². The van der Waals surface area contributed by atoms with E-state index in [1.165, 1.54) is 36.4 Å². The van der Waals surface area contributed by atoms with Crippen LogP contribution in [0.4, 0.5) is 18.9 Å². The highest BCUT2D eigenvalue weighted by molar-refractivity contribution is 5.90. The largest absolute Gasteiger partial charge is 0.322 e. The number of nitrogens with zero attached hydrogens (tertiary/aromatic N) is 2. The van der Waals surface area contributed by atoms with Crippen molar-refractivity contribution < 1.29 is 18.0 Å². The van der Waals surface area contributed by atoms with Crippen molar-refractivity contribution in [3.63, 3.8) is 0 Å². The van der Waals surface area contributed by atoms with E-state index in [1.807, 2.05) is 0 Å². The molecule has 0 atom stereocenters. The molecule has 0 radical (unpaired) electrons. The summed E-state index contributed by atoms with van der Waals surface area (Å²) in [4.78, 5) is 23.9.